The molecule has 0 N–H and O–H groups in total. The summed E-state index contributed by atoms with van der Waals surface area (Å²) in [5, 5.41) is 10.2. The van der Waals surface area contributed by atoms with Gasteiger partial charge in [-0.05, 0) is 118 Å². The van der Waals surface area contributed by atoms with E-state index in [2.05, 4.69) is 219 Å². The van der Waals surface area contributed by atoms with Gasteiger partial charge in [-0.3, -0.25) is 0 Å². The van der Waals surface area contributed by atoms with Crippen LogP contribution in [-0.4, -0.2) is 0 Å². The van der Waals surface area contributed by atoms with Gasteiger partial charge in [0.15, 0.2) is 0 Å². The average molecular weight is 714 g/mol. The molecule has 0 bridgehead atoms. The molecule has 0 aromatic heterocycles. The van der Waals surface area contributed by atoms with E-state index in [4.69, 9.17) is 0 Å². The average Bonchev–Trinajstić information content (AvgIpc) is 3.49. The Morgan fingerprint density at radius 2 is 0.964 bits per heavy atom. The summed E-state index contributed by atoms with van der Waals surface area (Å²) in [5.41, 5.74) is 13.6. The predicted octanol–water partition coefficient (Wildman–Crippen LogP) is 15.4. The molecule has 11 rings (SSSR count). The van der Waals surface area contributed by atoms with E-state index in [0.29, 0.717) is 0 Å². The van der Waals surface area contributed by atoms with Crippen molar-refractivity contribution in [1.82, 2.24) is 0 Å². The second-order valence-corrected chi connectivity index (χ2v) is 15.7. The molecule has 0 unspecified atom stereocenters. The second-order valence-electron chi connectivity index (χ2n) is 15.7. The van der Waals surface area contributed by atoms with Crippen LogP contribution in [0.4, 0.5) is 17.1 Å². The van der Waals surface area contributed by atoms with Crippen molar-refractivity contribution in [3.05, 3.63) is 211 Å². The van der Waals surface area contributed by atoms with Crippen LogP contribution in [-0.2, 0) is 5.41 Å². The van der Waals surface area contributed by atoms with Gasteiger partial charge < -0.3 is 4.90 Å². The van der Waals surface area contributed by atoms with E-state index in [1.807, 2.05) is 0 Å². The number of fused-ring (bicyclic) bond motifs is 9. The fourth-order valence-electron chi connectivity index (χ4n) is 9.54. The molecule has 0 amide bonds. The Morgan fingerprint density at radius 1 is 0.357 bits per heavy atom. The minimum absolute atomic E-state index is 0.108. The summed E-state index contributed by atoms with van der Waals surface area (Å²) in [6, 6.07) is 74.0. The van der Waals surface area contributed by atoms with Crippen LogP contribution in [0, 0.1) is 0 Å². The Balaban J connectivity index is 1.12. The third-order valence-corrected chi connectivity index (χ3v) is 12.2. The van der Waals surface area contributed by atoms with Gasteiger partial charge >= 0.3 is 0 Å². The molecule has 0 spiro atoms. The molecule has 1 aliphatic rings. The van der Waals surface area contributed by atoms with Gasteiger partial charge in [0.05, 0.1) is 5.69 Å². The van der Waals surface area contributed by atoms with E-state index in [9.17, 15) is 0 Å². The topological polar surface area (TPSA) is 3.24 Å². The molecular weight excluding hydrogens is 675 g/mol. The van der Waals surface area contributed by atoms with Crippen LogP contribution in [0.2, 0.25) is 0 Å². The van der Waals surface area contributed by atoms with Crippen molar-refractivity contribution in [3.8, 4) is 33.4 Å². The van der Waals surface area contributed by atoms with Gasteiger partial charge in [0.2, 0.25) is 0 Å². The summed E-state index contributed by atoms with van der Waals surface area (Å²) < 4.78 is 0. The summed E-state index contributed by atoms with van der Waals surface area (Å²) in [6.45, 7) is 4.72. The molecule has 0 saturated carbocycles. The summed E-state index contributed by atoms with van der Waals surface area (Å²) in [7, 11) is 0. The molecule has 0 atom stereocenters. The maximum atomic E-state index is 2.47. The highest BCUT2D eigenvalue weighted by Crippen LogP contribution is 2.54. The Labute approximate surface area is 327 Å². The van der Waals surface area contributed by atoms with Crippen LogP contribution in [0.25, 0.3) is 76.5 Å². The number of rotatable bonds is 5. The number of hydrogen-bond donors (Lipinski definition) is 0. The van der Waals surface area contributed by atoms with Crippen molar-refractivity contribution in [2.24, 2.45) is 0 Å². The highest BCUT2D eigenvalue weighted by atomic mass is 15.1. The first-order chi connectivity index (χ1) is 27.5. The van der Waals surface area contributed by atoms with E-state index in [1.165, 1.54) is 93.3 Å². The fraction of sp³-hybridized carbons (Fsp3) is 0.0545. The number of anilines is 3. The van der Waals surface area contributed by atoms with Gasteiger partial charge in [-0.1, -0.05) is 178 Å². The molecule has 0 heterocycles. The monoisotopic (exact) mass is 713 g/mol. The fourth-order valence-corrected chi connectivity index (χ4v) is 9.54. The highest BCUT2D eigenvalue weighted by Gasteiger charge is 2.37. The van der Waals surface area contributed by atoms with Crippen LogP contribution in [0.5, 0.6) is 0 Å². The standard InChI is InChI=1S/C55H39N/c1-55(2)50-25-10-9-23-48(50)54-51(55)26-13-27-52(54)56(42-19-11-18-39(34-42)44-24-12-17-36-14-3-6-20-43(36)44)41-31-28-38(29-32-41)49-35-40-16-5-8-22-46(40)53-45-21-7-4-15-37(45)30-33-47(49)53/h3-35H,1-2H3. The lowest BCUT2D eigenvalue weighted by molar-refractivity contribution is 0.660. The van der Waals surface area contributed by atoms with Crippen LogP contribution in [0.1, 0.15) is 25.0 Å². The lowest BCUT2D eigenvalue weighted by Crippen LogP contribution is -2.16. The lowest BCUT2D eigenvalue weighted by atomic mass is 9.82. The third-order valence-electron chi connectivity index (χ3n) is 12.2. The van der Waals surface area contributed by atoms with E-state index in [-0.39, 0.29) is 5.41 Å². The smallest absolute Gasteiger partial charge is 0.0543 e. The SMILES string of the molecule is CC1(C)c2ccccc2-c2c(N(c3ccc(-c4cc5ccccc5c5c4ccc4ccccc45)cc3)c3cccc(-c4cccc5ccccc45)c3)cccc21. The maximum absolute atomic E-state index is 2.47. The van der Waals surface area contributed by atoms with Gasteiger partial charge in [-0.15, -0.1) is 0 Å². The molecule has 0 aliphatic heterocycles. The second kappa shape index (κ2) is 12.5. The first-order valence-electron chi connectivity index (χ1n) is 19.6. The number of nitrogens with zero attached hydrogens (tertiary/aromatic N) is 1. The molecule has 264 valence electrons. The first-order valence-corrected chi connectivity index (χ1v) is 19.6. The van der Waals surface area contributed by atoms with Crippen LogP contribution < -0.4 is 4.90 Å². The van der Waals surface area contributed by atoms with Crippen molar-refractivity contribution < 1.29 is 0 Å². The Kier molecular flexibility index (Phi) is 7.28. The molecule has 0 saturated heterocycles. The zero-order valence-electron chi connectivity index (χ0n) is 31.5. The van der Waals surface area contributed by atoms with E-state index < -0.39 is 0 Å². The number of benzene rings is 10. The number of hydrogen-bond acceptors (Lipinski definition) is 1. The molecule has 1 aliphatic carbocycles. The molecule has 56 heavy (non-hydrogen) atoms. The molecular formula is C55H39N. The van der Waals surface area contributed by atoms with Crippen molar-refractivity contribution in [1.29, 1.82) is 0 Å². The highest BCUT2D eigenvalue weighted by molar-refractivity contribution is 6.24. The molecule has 1 nitrogen and oxygen atoms in total. The minimum Gasteiger partial charge on any atom is -0.310 e. The van der Waals surface area contributed by atoms with Gasteiger partial charge in [-0.25, -0.2) is 0 Å². The lowest BCUT2D eigenvalue weighted by Gasteiger charge is -2.29. The predicted molar refractivity (Wildman–Crippen MR) is 240 cm³/mol. The van der Waals surface area contributed by atoms with Crippen molar-refractivity contribution in [2.75, 3.05) is 4.90 Å². The maximum Gasteiger partial charge on any atom is 0.0543 e. The van der Waals surface area contributed by atoms with Crippen LogP contribution in [0.3, 0.4) is 0 Å². The summed E-state index contributed by atoms with van der Waals surface area (Å²) in [4.78, 5) is 2.47. The van der Waals surface area contributed by atoms with Gasteiger partial charge in [0.25, 0.3) is 0 Å². The van der Waals surface area contributed by atoms with Gasteiger partial charge in [0.1, 0.15) is 0 Å². The largest absolute Gasteiger partial charge is 0.310 e. The Hall–Kier alpha value is -6.96. The van der Waals surface area contributed by atoms with Gasteiger partial charge in [-0.2, -0.15) is 0 Å². The molecule has 0 fully saturated rings. The van der Waals surface area contributed by atoms with Crippen LogP contribution >= 0.6 is 0 Å². The summed E-state index contributed by atoms with van der Waals surface area (Å²) in [5.74, 6) is 0. The normalized spacial score (nSPS) is 13.0. The molecule has 10 aromatic carbocycles. The first kappa shape index (κ1) is 32.5. The van der Waals surface area contributed by atoms with Crippen molar-refractivity contribution >= 4 is 60.2 Å². The van der Waals surface area contributed by atoms with E-state index in [1.54, 1.807) is 0 Å². The Morgan fingerprint density at radius 3 is 1.79 bits per heavy atom. The van der Waals surface area contributed by atoms with E-state index in [0.717, 1.165) is 11.4 Å². The molecule has 10 aromatic rings. The van der Waals surface area contributed by atoms with Crippen molar-refractivity contribution in [2.45, 2.75) is 19.3 Å². The molecule has 1 heteroatoms. The zero-order chi connectivity index (χ0) is 37.4. The van der Waals surface area contributed by atoms with Crippen molar-refractivity contribution in [3.63, 3.8) is 0 Å². The van der Waals surface area contributed by atoms with E-state index >= 15 is 0 Å². The minimum atomic E-state index is -0.108. The van der Waals surface area contributed by atoms with Crippen LogP contribution in [0.15, 0.2) is 200 Å². The Bertz CT molecular complexity index is 3150. The summed E-state index contributed by atoms with van der Waals surface area (Å²) in [6.07, 6.45) is 0. The van der Waals surface area contributed by atoms with Gasteiger partial charge in [0, 0.05) is 22.4 Å². The zero-order valence-corrected chi connectivity index (χ0v) is 31.5. The molecule has 0 radical (unpaired) electrons. The summed E-state index contributed by atoms with van der Waals surface area (Å²) >= 11 is 0. The third kappa shape index (κ3) is 4.94. The quantitative estimate of drug-likeness (QED) is 0.161.